The molecule has 0 unspecified atom stereocenters. The number of rotatable bonds is 3. The highest BCUT2D eigenvalue weighted by molar-refractivity contribution is 5.79. The topological polar surface area (TPSA) is 55.6 Å². The molecule has 2 atom stereocenters. The fourth-order valence-corrected chi connectivity index (χ4v) is 3.02. The Kier molecular flexibility index (Phi) is 4.48. The molecule has 1 aliphatic heterocycles. The van der Waals surface area contributed by atoms with Crippen LogP contribution >= 0.6 is 0 Å². The van der Waals surface area contributed by atoms with E-state index < -0.39 is 0 Å². The number of aryl methyl sites for hydroxylation is 2. The highest BCUT2D eigenvalue weighted by Gasteiger charge is 2.30. The molecule has 0 aliphatic carbocycles. The number of morpholine rings is 1. The van der Waals surface area contributed by atoms with Crippen LogP contribution in [0.4, 0.5) is 0 Å². The van der Waals surface area contributed by atoms with Crippen LogP contribution in [-0.2, 0) is 16.0 Å². The molecule has 122 valence electrons. The number of aromatic nitrogens is 1. The van der Waals surface area contributed by atoms with Gasteiger partial charge in [0.1, 0.15) is 11.9 Å². The van der Waals surface area contributed by atoms with Crippen LogP contribution in [0.2, 0.25) is 0 Å². The lowest BCUT2D eigenvalue weighted by Crippen LogP contribution is -2.46. The first-order valence-corrected chi connectivity index (χ1v) is 7.94. The number of hydrogen-bond donors (Lipinski definition) is 0. The van der Waals surface area contributed by atoms with Crippen molar-refractivity contribution in [1.29, 1.82) is 0 Å². The summed E-state index contributed by atoms with van der Waals surface area (Å²) >= 11 is 0. The van der Waals surface area contributed by atoms with E-state index in [1.54, 1.807) is 0 Å². The van der Waals surface area contributed by atoms with Crippen LogP contribution in [0.5, 0.6) is 0 Å². The third kappa shape index (κ3) is 3.45. The van der Waals surface area contributed by atoms with Crippen LogP contribution in [0, 0.1) is 13.8 Å². The van der Waals surface area contributed by atoms with Gasteiger partial charge in [-0.25, -0.2) is 0 Å². The molecular weight excluding hydrogens is 292 g/mol. The molecule has 5 nitrogen and oxygen atoms in total. The van der Waals surface area contributed by atoms with Gasteiger partial charge in [0.2, 0.25) is 5.91 Å². The second-order valence-corrected chi connectivity index (χ2v) is 6.12. The fourth-order valence-electron chi connectivity index (χ4n) is 3.02. The van der Waals surface area contributed by atoms with Crippen LogP contribution < -0.4 is 0 Å². The molecule has 0 saturated carbocycles. The molecule has 1 fully saturated rings. The molecule has 1 saturated heterocycles. The summed E-state index contributed by atoms with van der Waals surface area (Å²) in [5, 5.41) is 3.92. The van der Waals surface area contributed by atoms with Gasteiger partial charge < -0.3 is 14.2 Å². The van der Waals surface area contributed by atoms with Crippen molar-refractivity contribution in [3.05, 3.63) is 52.9 Å². The Labute approximate surface area is 136 Å². The Balaban J connectivity index is 1.73. The van der Waals surface area contributed by atoms with Crippen molar-refractivity contribution in [2.24, 2.45) is 0 Å². The maximum atomic E-state index is 12.7. The minimum absolute atomic E-state index is 0.0163. The van der Waals surface area contributed by atoms with Crippen LogP contribution in [0.25, 0.3) is 0 Å². The summed E-state index contributed by atoms with van der Waals surface area (Å²) in [4.78, 5) is 14.6. The van der Waals surface area contributed by atoms with E-state index in [0.29, 0.717) is 19.5 Å². The molecule has 5 heteroatoms. The van der Waals surface area contributed by atoms with E-state index in [0.717, 1.165) is 22.6 Å². The van der Waals surface area contributed by atoms with Crippen molar-refractivity contribution in [2.45, 2.75) is 39.4 Å². The zero-order chi connectivity index (χ0) is 16.4. The predicted molar refractivity (Wildman–Crippen MR) is 86.0 cm³/mol. The molecule has 0 spiro atoms. The summed E-state index contributed by atoms with van der Waals surface area (Å²) in [6.07, 6.45) is 0.270. The smallest absolute Gasteiger partial charge is 0.227 e. The van der Waals surface area contributed by atoms with E-state index in [4.69, 9.17) is 9.26 Å². The second-order valence-electron chi connectivity index (χ2n) is 6.12. The van der Waals surface area contributed by atoms with E-state index in [1.165, 1.54) is 0 Å². The number of ether oxygens (including phenoxy) is 1. The van der Waals surface area contributed by atoms with E-state index in [9.17, 15) is 4.79 Å². The SMILES string of the molecule is Cc1noc(C)c1CC(=O)N1C[C@H](C)O[C@@H](c2ccccc2)C1. The third-order valence-corrected chi connectivity index (χ3v) is 4.29. The van der Waals surface area contributed by atoms with E-state index in [2.05, 4.69) is 5.16 Å². The lowest BCUT2D eigenvalue weighted by molar-refractivity contribution is -0.144. The van der Waals surface area contributed by atoms with Gasteiger partial charge in [0.05, 0.1) is 24.8 Å². The number of carbonyl (C=O) groups excluding carboxylic acids is 1. The summed E-state index contributed by atoms with van der Waals surface area (Å²) in [5.74, 6) is 0.812. The van der Waals surface area contributed by atoms with E-state index >= 15 is 0 Å². The van der Waals surface area contributed by atoms with Crippen molar-refractivity contribution in [1.82, 2.24) is 10.1 Å². The molecule has 1 aliphatic rings. The van der Waals surface area contributed by atoms with Gasteiger partial charge in [-0.1, -0.05) is 35.5 Å². The Morgan fingerprint density at radius 3 is 2.65 bits per heavy atom. The summed E-state index contributed by atoms with van der Waals surface area (Å²) in [6.45, 7) is 6.92. The highest BCUT2D eigenvalue weighted by atomic mass is 16.5. The summed E-state index contributed by atoms with van der Waals surface area (Å²) < 4.78 is 11.2. The molecule has 3 rings (SSSR count). The van der Waals surface area contributed by atoms with Gasteiger partial charge in [0.15, 0.2) is 0 Å². The fraction of sp³-hybridized carbons (Fsp3) is 0.444. The van der Waals surface area contributed by atoms with Crippen LogP contribution in [0.1, 0.15) is 35.6 Å². The number of carbonyl (C=O) groups is 1. The summed E-state index contributed by atoms with van der Waals surface area (Å²) in [7, 11) is 0. The Hall–Kier alpha value is -2.14. The van der Waals surface area contributed by atoms with Crippen molar-refractivity contribution >= 4 is 5.91 Å². The summed E-state index contributed by atoms with van der Waals surface area (Å²) in [5.41, 5.74) is 2.79. The number of amides is 1. The van der Waals surface area contributed by atoms with Crippen molar-refractivity contribution in [3.63, 3.8) is 0 Å². The van der Waals surface area contributed by atoms with Gasteiger partial charge in [-0.15, -0.1) is 0 Å². The molecule has 2 heterocycles. The molecule has 0 radical (unpaired) electrons. The Morgan fingerprint density at radius 2 is 2.00 bits per heavy atom. The third-order valence-electron chi connectivity index (χ3n) is 4.29. The average molecular weight is 314 g/mol. The van der Waals surface area contributed by atoms with Crippen LogP contribution in [-0.4, -0.2) is 35.2 Å². The zero-order valence-corrected chi connectivity index (χ0v) is 13.8. The molecular formula is C18H22N2O3. The molecule has 1 aromatic carbocycles. The molecule has 1 aromatic heterocycles. The molecule has 1 amide bonds. The Bertz CT molecular complexity index is 661. The zero-order valence-electron chi connectivity index (χ0n) is 13.8. The van der Waals surface area contributed by atoms with Gasteiger partial charge in [-0.3, -0.25) is 4.79 Å². The number of benzene rings is 1. The van der Waals surface area contributed by atoms with Crippen molar-refractivity contribution in [2.75, 3.05) is 13.1 Å². The van der Waals surface area contributed by atoms with Gasteiger partial charge in [0.25, 0.3) is 0 Å². The first kappa shape index (κ1) is 15.7. The predicted octanol–water partition coefficient (Wildman–Crippen LogP) is 2.82. The standard InChI is InChI=1S/C18H22N2O3/c1-12-10-20(11-17(22-12)15-7-5-4-6-8-15)18(21)9-16-13(2)19-23-14(16)3/h4-8,12,17H,9-11H2,1-3H3/t12-,17+/m0/s1. The van der Waals surface area contributed by atoms with E-state index in [-0.39, 0.29) is 18.1 Å². The van der Waals surface area contributed by atoms with Crippen molar-refractivity contribution in [3.8, 4) is 0 Å². The van der Waals surface area contributed by atoms with Gasteiger partial charge in [0, 0.05) is 12.1 Å². The van der Waals surface area contributed by atoms with Gasteiger partial charge in [-0.2, -0.15) is 0 Å². The monoisotopic (exact) mass is 314 g/mol. The highest BCUT2D eigenvalue weighted by Crippen LogP contribution is 2.26. The normalized spacial score (nSPS) is 21.4. The molecule has 23 heavy (non-hydrogen) atoms. The van der Waals surface area contributed by atoms with E-state index in [1.807, 2.05) is 56.0 Å². The first-order chi connectivity index (χ1) is 11.0. The average Bonchev–Trinajstić information content (AvgIpc) is 2.87. The maximum Gasteiger partial charge on any atom is 0.227 e. The van der Waals surface area contributed by atoms with Crippen LogP contribution in [0.3, 0.4) is 0 Å². The summed E-state index contributed by atoms with van der Waals surface area (Å²) in [6, 6.07) is 10.1. The second kappa shape index (κ2) is 6.54. The molecule has 0 N–H and O–H groups in total. The quantitative estimate of drug-likeness (QED) is 0.874. The van der Waals surface area contributed by atoms with Gasteiger partial charge >= 0.3 is 0 Å². The minimum atomic E-state index is -0.0754. The lowest BCUT2D eigenvalue weighted by atomic mass is 10.0. The number of nitrogens with zero attached hydrogens (tertiary/aromatic N) is 2. The Morgan fingerprint density at radius 1 is 1.26 bits per heavy atom. The van der Waals surface area contributed by atoms with Gasteiger partial charge in [-0.05, 0) is 26.3 Å². The first-order valence-electron chi connectivity index (χ1n) is 7.94. The van der Waals surface area contributed by atoms with Crippen LogP contribution in [0.15, 0.2) is 34.9 Å². The maximum absolute atomic E-state index is 12.7. The van der Waals surface area contributed by atoms with Crippen molar-refractivity contribution < 1.29 is 14.1 Å². The number of hydrogen-bond acceptors (Lipinski definition) is 4. The minimum Gasteiger partial charge on any atom is -0.367 e. The largest absolute Gasteiger partial charge is 0.367 e. The molecule has 0 bridgehead atoms. The lowest BCUT2D eigenvalue weighted by Gasteiger charge is -2.37. The molecule has 2 aromatic rings.